The van der Waals surface area contributed by atoms with Gasteiger partial charge in [0.25, 0.3) is 0 Å². The van der Waals surface area contributed by atoms with Crippen molar-refractivity contribution in [2.24, 2.45) is 0 Å². The summed E-state index contributed by atoms with van der Waals surface area (Å²) in [6.45, 7) is 0.583. The second-order valence-corrected chi connectivity index (χ2v) is 7.35. The summed E-state index contributed by atoms with van der Waals surface area (Å²) in [6, 6.07) is 21.4. The molecule has 152 valence electrons. The van der Waals surface area contributed by atoms with Crippen LogP contribution in [0.4, 0.5) is 23.0 Å². The van der Waals surface area contributed by atoms with Gasteiger partial charge in [-0.1, -0.05) is 48.0 Å². The van der Waals surface area contributed by atoms with Crippen molar-refractivity contribution in [1.29, 1.82) is 0 Å². The van der Waals surface area contributed by atoms with Crippen LogP contribution in [0.1, 0.15) is 5.56 Å². The molecule has 2 aromatic carbocycles. The van der Waals surface area contributed by atoms with Gasteiger partial charge in [0.15, 0.2) is 11.5 Å². The molecule has 7 nitrogen and oxygen atoms in total. The van der Waals surface area contributed by atoms with Gasteiger partial charge in [0.05, 0.1) is 18.4 Å². The Morgan fingerprint density at radius 1 is 0.839 bits per heavy atom. The van der Waals surface area contributed by atoms with Crippen molar-refractivity contribution >= 4 is 45.6 Å². The molecule has 31 heavy (non-hydrogen) atoms. The zero-order valence-corrected chi connectivity index (χ0v) is 17.2. The summed E-state index contributed by atoms with van der Waals surface area (Å²) in [5.41, 5.74) is 3.50. The van der Waals surface area contributed by atoms with Crippen LogP contribution in [-0.4, -0.2) is 24.7 Å². The van der Waals surface area contributed by atoms with Crippen molar-refractivity contribution in [3.8, 4) is 0 Å². The molecule has 8 heteroatoms. The molecule has 5 aromatic rings. The van der Waals surface area contributed by atoms with Gasteiger partial charge in [-0.25, -0.2) is 14.6 Å². The van der Waals surface area contributed by atoms with Crippen LogP contribution in [0, 0.1) is 0 Å². The van der Waals surface area contributed by atoms with Gasteiger partial charge in [-0.05, 0) is 35.9 Å². The second-order valence-electron chi connectivity index (χ2n) is 6.91. The highest BCUT2D eigenvalue weighted by Crippen LogP contribution is 2.32. The Balaban J connectivity index is 1.61. The SMILES string of the molecule is Clc1cccc(Nc2ncnc3c2c(Nc2cccnc2)nn3Cc2ccccc2)c1. The topological polar surface area (TPSA) is 80.6 Å². The quantitative estimate of drug-likeness (QED) is 0.377. The summed E-state index contributed by atoms with van der Waals surface area (Å²) < 4.78 is 1.87. The van der Waals surface area contributed by atoms with Gasteiger partial charge >= 0.3 is 0 Å². The lowest BCUT2D eigenvalue weighted by molar-refractivity contribution is 0.707. The predicted molar refractivity (Wildman–Crippen MR) is 123 cm³/mol. The number of halogens is 1. The van der Waals surface area contributed by atoms with Crippen LogP contribution in [0.3, 0.4) is 0 Å². The zero-order chi connectivity index (χ0) is 21.0. The molecule has 0 aliphatic carbocycles. The molecule has 0 amide bonds. The molecule has 3 aromatic heterocycles. The van der Waals surface area contributed by atoms with Crippen molar-refractivity contribution in [2.75, 3.05) is 10.6 Å². The summed E-state index contributed by atoms with van der Waals surface area (Å²) in [6.07, 6.45) is 5.01. The minimum atomic E-state index is 0.583. The molecule has 3 heterocycles. The van der Waals surface area contributed by atoms with Gasteiger partial charge in [-0.15, -0.1) is 0 Å². The average molecular weight is 428 g/mol. The van der Waals surface area contributed by atoms with E-state index in [4.69, 9.17) is 16.7 Å². The molecule has 2 N–H and O–H groups in total. The maximum absolute atomic E-state index is 6.15. The number of rotatable bonds is 6. The number of anilines is 4. The third-order valence-electron chi connectivity index (χ3n) is 4.72. The number of hydrogen-bond acceptors (Lipinski definition) is 6. The predicted octanol–water partition coefficient (Wildman–Crippen LogP) is 5.41. The molecule has 0 fully saturated rings. The fourth-order valence-corrected chi connectivity index (χ4v) is 3.52. The zero-order valence-electron chi connectivity index (χ0n) is 16.4. The first-order valence-corrected chi connectivity index (χ1v) is 10.1. The van der Waals surface area contributed by atoms with E-state index in [9.17, 15) is 0 Å². The van der Waals surface area contributed by atoms with E-state index in [2.05, 4.69) is 37.7 Å². The molecule has 0 spiro atoms. The number of nitrogens with zero attached hydrogens (tertiary/aromatic N) is 5. The van der Waals surface area contributed by atoms with Gasteiger partial charge in [-0.2, -0.15) is 5.10 Å². The van der Waals surface area contributed by atoms with Crippen LogP contribution in [-0.2, 0) is 6.54 Å². The first kappa shape index (κ1) is 19.0. The van der Waals surface area contributed by atoms with E-state index < -0.39 is 0 Å². The van der Waals surface area contributed by atoms with Crippen molar-refractivity contribution < 1.29 is 0 Å². The summed E-state index contributed by atoms with van der Waals surface area (Å²) >= 11 is 6.15. The fraction of sp³-hybridized carbons (Fsp3) is 0.0435. The highest BCUT2D eigenvalue weighted by molar-refractivity contribution is 6.30. The number of pyridine rings is 1. The molecule has 0 atom stereocenters. The van der Waals surface area contributed by atoms with Crippen molar-refractivity contribution in [1.82, 2.24) is 24.7 Å². The molecule has 0 bridgehead atoms. The van der Waals surface area contributed by atoms with Crippen LogP contribution >= 0.6 is 11.6 Å². The Morgan fingerprint density at radius 3 is 2.48 bits per heavy atom. The minimum absolute atomic E-state index is 0.583. The fourth-order valence-electron chi connectivity index (χ4n) is 3.33. The number of aromatic nitrogens is 5. The van der Waals surface area contributed by atoms with Crippen molar-refractivity contribution in [3.05, 3.63) is 96.0 Å². The summed E-state index contributed by atoms with van der Waals surface area (Å²) in [5, 5.41) is 12.9. The minimum Gasteiger partial charge on any atom is -0.339 e. The average Bonchev–Trinajstić information content (AvgIpc) is 3.13. The van der Waals surface area contributed by atoms with Gasteiger partial charge < -0.3 is 10.6 Å². The Morgan fingerprint density at radius 2 is 1.68 bits per heavy atom. The van der Waals surface area contributed by atoms with Crippen molar-refractivity contribution in [3.63, 3.8) is 0 Å². The smallest absolute Gasteiger partial charge is 0.165 e. The lowest BCUT2D eigenvalue weighted by atomic mass is 10.2. The third-order valence-corrected chi connectivity index (χ3v) is 4.95. The highest BCUT2D eigenvalue weighted by Gasteiger charge is 2.18. The van der Waals surface area contributed by atoms with Crippen molar-refractivity contribution in [2.45, 2.75) is 6.54 Å². The monoisotopic (exact) mass is 427 g/mol. The molecular formula is C23H18ClN7. The normalized spacial score (nSPS) is 10.9. The maximum atomic E-state index is 6.15. The standard InChI is InChI=1S/C23H18ClN7/c24-17-8-4-9-18(12-17)28-21-20-22(29-19-10-5-11-25-13-19)30-31(23(20)27-15-26-21)14-16-6-2-1-3-7-16/h1-13,15H,14H2,(H,29,30)(H,26,27,28). The lowest BCUT2D eigenvalue weighted by Gasteiger charge is -2.08. The Hall–Kier alpha value is -3.97. The first-order valence-electron chi connectivity index (χ1n) is 9.71. The molecule has 5 rings (SSSR count). The van der Waals surface area contributed by atoms with E-state index in [-0.39, 0.29) is 0 Å². The third kappa shape index (κ3) is 4.17. The number of benzene rings is 2. The summed E-state index contributed by atoms with van der Waals surface area (Å²) in [4.78, 5) is 13.2. The maximum Gasteiger partial charge on any atom is 0.165 e. The largest absolute Gasteiger partial charge is 0.339 e. The highest BCUT2D eigenvalue weighted by atomic mass is 35.5. The van der Waals surface area contributed by atoms with E-state index in [0.29, 0.717) is 23.2 Å². The number of fused-ring (bicyclic) bond motifs is 1. The van der Waals surface area contributed by atoms with Crippen LogP contribution < -0.4 is 10.6 Å². The summed E-state index contributed by atoms with van der Waals surface area (Å²) in [5.74, 6) is 1.28. The Kier molecular flexibility index (Phi) is 5.16. The molecule has 0 radical (unpaired) electrons. The van der Waals surface area contributed by atoms with Crippen LogP contribution in [0.2, 0.25) is 5.02 Å². The van der Waals surface area contributed by atoms with Crippen LogP contribution in [0.15, 0.2) is 85.5 Å². The Bertz CT molecular complexity index is 1320. The van der Waals surface area contributed by atoms with E-state index >= 15 is 0 Å². The van der Waals surface area contributed by atoms with Crippen LogP contribution in [0.25, 0.3) is 11.0 Å². The molecule has 0 saturated carbocycles. The van der Waals surface area contributed by atoms with E-state index in [0.717, 1.165) is 28.0 Å². The second kappa shape index (κ2) is 8.41. The van der Waals surface area contributed by atoms with E-state index in [1.165, 1.54) is 6.33 Å². The Labute approximate surface area is 183 Å². The molecule has 0 saturated heterocycles. The molecular weight excluding hydrogens is 410 g/mol. The molecule has 0 unspecified atom stereocenters. The number of nitrogens with one attached hydrogen (secondary N) is 2. The van der Waals surface area contributed by atoms with Crippen LogP contribution in [0.5, 0.6) is 0 Å². The first-order chi connectivity index (χ1) is 15.3. The van der Waals surface area contributed by atoms with E-state index in [1.54, 1.807) is 12.4 Å². The van der Waals surface area contributed by atoms with Gasteiger partial charge in [0.2, 0.25) is 0 Å². The molecule has 0 aliphatic heterocycles. The lowest BCUT2D eigenvalue weighted by Crippen LogP contribution is -2.03. The van der Waals surface area contributed by atoms with Gasteiger partial charge in [0.1, 0.15) is 17.5 Å². The van der Waals surface area contributed by atoms with Gasteiger partial charge in [0, 0.05) is 16.9 Å². The number of hydrogen-bond donors (Lipinski definition) is 2. The van der Waals surface area contributed by atoms with Gasteiger partial charge in [-0.3, -0.25) is 4.98 Å². The molecule has 0 aliphatic rings. The summed E-state index contributed by atoms with van der Waals surface area (Å²) in [7, 11) is 0. The van der Waals surface area contributed by atoms with E-state index in [1.807, 2.05) is 59.3 Å².